The molecule has 0 aromatic heterocycles. The van der Waals surface area contributed by atoms with Crippen molar-refractivity contribution < 1.29 is 29.3 Å². The molecule has 7 nitrogen and oxygen atoms in total. The van der Waals surface area contributed by atoms with Gasteiger partial charge >= 0.3 is 17.9 Å². The van der Waals surface area contributed by atoms with Gasteiger partial charge in [-0.2, -0.15) is 11.8 Å². The number of carbonyl (C=O) groups excluding carboxylic acids is 1. The summed E-state index contributed by atoms with van der Waals surface area (Å²) in [6.07, 6.45) is 0. The fourth-order valence-corrected chi connectivity index (χ4v) is 2.13. The molecule has 2 atom stereocenters. The van der Waals surface area contributed by atoms with Crippen LogP contribution in [0.5, 0.6) is 0 Å². The van der Waals surface area contributed by atoms with Crippen molar-refractivity contribution in [3.05, 3.63) is 0 Å². The van der Waals surface area contributed by atoms with E-state index in [1.54, 1.807) is 11.8 Å². The number of esters is 1. The Labute approximate surface area is 103 Å². The third-order valence-corrected chi connectivity index (χ3v) is 3.11. The van der Waals surface area contributed by atoms with E-state index in [-0.39, 0.29) is 12.0 Å². The van der Waals surface area contributed by atoms with Gasteiger partial charge in [-0.15, -0.1) is 0 Å². The molecule has 1 aliphatic heterocycles. The maximum atomic E-state index is 11.0. The van der Waals surface area contributed by atoms with Crippen molar-refractivity contribution in [2.75, 3.05) is 18.6 Å². The number of carbonyl (C=O) groups is 3. The zero-order valence-electron chi connectivity index (χ0n) is 9.50. The second kappa shape index (κ2) is 7.91. The quantitative estimate of drug-likeness (QED) is 0.426. The zero-order valence-corrected chi connectivity index (χ0v) is 10.3. The predicted molar refractivity (Wildman–Crippen MR) is 61.0 cm³/mol. The van der Waals surface area contributed by atoms with E-state index in [9.17, 15) is 4.79 Å². The van der Waals surface area contributed by atoms with Gasteiger partial charge in [0.15, 0.2) is 0 Å². The number of carboxylic acid groups (broad SMARTS) is 2. The number of carboxylic acids is 2. The molecule has 0 aromatic carbocycles. The molecule has 0 spiro atoms. The lowest BCUT2D eigenvalue weighted by Gasteiger charge is -2.26. The van der Waals surface area contributed by atoms with E-state index in [0.717, 1.165) is 11.5 Å². The normalized spacial score (nSPS) is 22.9. The Morgan fingerprint density at radius 2 is 1.76 bits per heavy atom. The number of hydrogen-bond acceptors (Lipinski definition) is 6. The minimum absolute atomic E-state index is 0.103. The van der Waals surface area contributed by atoms with Crippen LogP contribution < -0.4 is 5.32 Å². The molecule has 1 saturated heterocycles. The lowest BCUT2D eigenvalue weighted by Crippen LogP contribution is -2.48. The number of hydrogen-bond donors (Lipinski definition) is 3. The Balaban J connectivity index is 0.000000366. The van der Waals surface area contributed by atoms with Crippen LogP contribution in [-0.4, -0.2) is 58.8 Å². The van der Waals surface area contributed by atoms with Gasteiger partial charge in [-0.25, -0.2) is 9.59 Å². The maximum absolute atomic E-state index is 11.0. The lowest BCUT2D eigenvalue weighted by atomic mass is 10.3. The van der Waals surface area contributed by atoms with Gasteiger partial charge in [0.05, 0.1) is 7.11 Å². The van der Waals surface area contributed by atoms with Crippen LogP contribution in [-0.2, 0) is 19.1 Å². The van der Waals surface area contributed by atoms with Gasteiger partial charge in [-0.1, -0.05) is 0 Å². The highest BCUT2D eigenvalue weighted by molar-refractivity contribution is 7.99. The first-order valence-corrected chi connectivity index (χ1v) is 5.91. The van der Waals surface area contributed by atoms with Crippen molar-refractivity contribution >= 4 is 29.7 Å². The van der Waals surface area contributed by atoms with Crippen molar-refractivity contribution in [1.82, 2.24) is 5.32 Å². The van der Waals surface area contributed by atoms with Gasteiger partial charge < -0.3 is 20.3 Å². The monoisotopic (exact) mass is 265 g/mol. The summed E-state index contributed by atoms with van der Waals surface area (Å²) in [7, 11) is 1.42. The first-order valence-electron chi connectivity index (χ1n) is 4.76. The molecule has 0 unspecified atom stereocenters. The standard InChI is InChI=1S/C7H13NO2S.C2H2O4/c1-5-3-11-4-6(8-5)7(9)10-2;3-1(4)2(5)6/h5-6,8H,3-4H2,1-2H3;(H,3,4)(H,5,6)/t5-,6+;/m1./s1. The molecule has 1 aliphatic rings. The van der Waals surface area contributed by atoms with Crippen molar-refractivity contribution in [3.8, 4) is 0 Å². The van der Waals surface area contributed by atoms with E-state index >= 15 is 0 Å². The molecule has 8 heteroatoms. The smallest absolute Gasteiger partial charge is 0.414 e. The Kier molecular flexibility index (Phi) is 7.31. The minimum Gasteiger partial charge on any atom is -0.473 e. The summed E-state index contributed by atoms with van der Waals surface area (Å²) < 4.78 is 4.62. The molecule has 0 bridgehead atoms. The van der Waals surface area contributed by atoms with Crippen LogP contribution in [0.2, 0.25) is 0 Å². The van der Waals surface area contributed by atoms with Crippen LogP contribution in [0.15, 0.2) is 0 Å². The van der Waals surface area contributed by atoms with Crippen molar-refractivity contribution in [2.24, 2.45) is 0 Å². The highest BCUT2D eigenvalue weighted by Gasteiger charge is 2.24. The molecule has 1 heterocycles. The number of nitrogens with one attached hydrogen (secondary N) is 1. The van der Waals surface area contributed by atoms with Crippen molar-refractivity contribution in [2.45, 2.75) is 19.0 Å². The van der Waals surface area contributed by atoms with Crippen LogP contribution in [0, 0.1) is 0 Å². The second-order valence-electron chi connectivity index (χ2n) is 3.29. The molecule has 98 valence electrons. The average Bonchev–Trinajstić information content (AvgIpc) is 2.28. The van der Waals surface area contributed by atoms with Gasteiger partial charge in [0.2, 0.25) is 0 Å². The summed E-state index contributed by atoms with van der Waals surface area (Å²) in [5.74, 6) is -1.89. The van der Waals surface area contributed by atoms with Gasteiger partial charge in [0.1, 0.15) is 6.04 Å². The molecule has 1 fully saturated rings. The third kappa shape index (κ3) is 6.80. The number of rotatable bonds is 1. The fraction of sp³-hybridized carbons (Fsp3) is 0.667. The summed E-state index contributed by atoms with van der Waals surface area (Å²) in [4.78, 5) is 29.2. The number of ether oxygens (including phenoxy) is 1. The van der Waals surface area contributed by atoms with Crippen molar-refractivity contribution in [1.29, 1.82) is 0 Å². The third-order valence-electron chi connectivity index (χ3n) is 1.81. The molecule has 0 amide bonds. The Morgan fingerprint density at radius 1 is 1.24 bits per heavy atom. The summed E-state index contributed by atoms with van der Waals surface area (Å²) in [6, 6.07) is 0.312. The first kappa shape index (κ1) is 15.7. The maximum Gasteiger partial charge on any atom is 0.414 e. The number of methoxy groups -OCH3 is 1. The van der Waals surface area contributed by atoms with E-state index in [2.05, 4.69) is 17.0 Å². The van der Waals surface area contributed by atoms with Crippen LogP contribution in [0.1, 0.15) is 6.92 Å². The zero-order chi connectivity index (χ0) is 13.4. The molecular formula is C9H15NO6S. The minimum atomic E-state index is -1.82. The SMILES string of the molecule is COC(=O)[C@@H]1CSC[C@@H](C)N1.O=C(O)C(=O)O. The number of aliphatic carboxylic acids is 2. The molecular weight excluding hydrogens is 250 g/mol. The molecule has 3 N–H and O–H groups in total. The van der Waals surface area contributed by atoms with E-state index in [4.69, 9.17) is 19.8 Å². The summed E-state index contributed by atoms with van der Waals surface area (Å²) in [6.45, 7) is 2.07. The van der Waals surface area contributed by atoms with Gasteiger partial charge in [0, 0.05) is 17.5 Å². The average molecular weight is 265 g/mol. The summed E-state index contributed by atoms with van der Waals surface area (Å²) in [5.41, 5.74) is 0. The second-order valence-corrected chi connectivity index (χ2v) is 4.37. The van der Waals surface area contributed by atoms with Crippen molar-refractivity contribution in [3.63, 3.8) is 0 Å². The highest BCUT2D eigenvalue weighted by Crippen LogP contribution is 2.12. The lowest BCUT2D eigenvalue weighted by molar-refractivity contribution is -0.159. The topological polar surface area (TPSA) is 113 Å². The molecule has 17 heavy (non-hydrogen) atoms. The van der Waals surface area contributed by atoms with E-state index in [1.807, 2.05) is 0 Å². The van der Waals surface area contributed by atoms with Gasteiger partial charge in [0.25, 0.3) is 0 Å². The van der Waals surface area contributed by atoms with Crippen LogP contribution in [0.4, 0.5) is 0 Å². The Bertz CT molecular complexity index is 283. The largest absolute Gasteiger partial charge is 0.473 e. The Hall–Kier alpha value is -1.28. The molecule has 0 saturated carbocycles. The summed E-state index contributed by atoms with van der Waals surface area (Å²) in [5, 5.41) is 18.0. The van der Waals surface area contributed by atoms with E-state index < -0.39 is 11.9 Å². The van der Waals surface area contributed by atoms with Gasteiger partial charge in [-0.05, 0) is 6.92 Å². The van der Waals surface area contributed by atoms with Crippen LogP contribution >= 0.6 is 11.8 Å². The molecule has 1 rings (SSSR count). The van der Waals surface area contributed by atoms with Gasteiger partial charge in [-0.3, -0.25) is 4.79 Å². The number of thioether (sulfide) groups is 1. The Morgan fingerprint density at radius 3 is 2.12 bits per heavy atom. The molecule has 0 aromatic rings. The summed E-state index contributed by atoms with van der Waals surface area (Å²) >= 11 is 1.79. The van der Waals surface area contributed by atoms with Crippen LogP contribution in [0.25, 0.3) is 0 Å². The van der Waals surface area contributed by atoms with E-state index in [1.165, 1.54) is 7.11 Å². The predicted octanol–water partition coefficient (Wildman–Crippen LogP) is -0.591. The molecule has 0 aliphatic carbocycles. The van der Waals surface area contributed by atoms with E-state index in [0.29, 0.717) is 6.04 Å². The van der Waals surface area contributed by atoms with Crippen LogP contribution in [0.3, 0.4) is 0 Å². The first-order chi connectivity index (χ1) is 7.88. The fourth-order valence-electron chi connectivity index (χ4n) is 1.08. The molecule has 0 radical (unpaired) electrons. The highest BCUT2D eigenvalue weighted by atomic mass is 32.2.